The molecule has 0 radical (unpaired) electrons. The number of benzene rings is 2. The van der Waals surface area contributed by atoms with Gasteiger partial charge in [-0.25, -0.2) is 21.2 Å². The fraction of sp³-hybridized carbons (Fsp3) is 0.368. The third-order valence-corrected chi connectivity index (χ3v) is 7.97. The molecule has 0 aromatic heterocycles. The summed E-state index contributed by atoms with van der Waals surface area (Å²) in [5.41, 5.74) is 2.15. The van der Waals surface area contributed by atoms with E-state index >= 15 is 0 Å². The van der Waals surface area contributed by atoms with Crippen molar-refractivity contribution >= 4 is 25.7 Å². The Hall–Kier alpha value is -1.97. The Morgan fingerprint density at radius 3 is 2.36 bits per heavy atom. The van der Waals surface area contributed by atoms with E-state index in [9.17, 15) is 21.2 Å². The Bertz CT molecular complexity index is 1070. The van der Waals surface area contributed by atoms with Crippen molar-refractivity contribution in [2.24, 2.45) is 5.92 Å². The van der Waals surface area contributed by atoms with Gasteiger partial charge in [-0.15, -0.1) is 0 Å². The Morgan fingerprint density at radius 1 is 1.04 bits per heavy atom. The van der Waals surface area contributed by atoms with Gasteiger partial charge in [-0.1, -0.05) is 19.9 Å². The number of hydrogen-bond acceptors (Lipinski definition) is 4. The van der Waals surface area contributed by atoms with Crippen molar-refractivity contribution in [3.8, 4) is 0 Å². The molecule has 6 nitrogen and oxygen atoms in total. The van der Waals surface area contributed by atoms with Crippen LogP contribution in [0.3, 0.4) is 0 Å². The van der Waals surface area contributed by atoms with Crippen molar-refractivity contribution < 1.29 is 21.2 Å². The Kier molecular flexibility index (Phi) is 5.79. The van der Waals surface area contributed by atoms with Gasteiger partial charge < -0.3 is 0 Å². The highest BCUT2D eigenvalue weighted by Gasteiger charge is 2.28. The van der Waals surface area contributed by atoms with Gasteiger partial charge in [0.15, 0.2) is 0 Å². The van der Waals surface area contributed by atoms with Gasteiger partial charge in [0, 0.05) is 18.8 Å². The Morgan fingerprint density at radius 2 is 1.71 bits per heavy atom. The van der Waals surface area contributed by atoms with Gasteiger partial charge in [-0.2, -0.15) is 4.31 Å². The van der Waals surface area contributed by atoms with E-state index < -0.39 is 25.9 Å². The second kappa shape index (κ2) is 7.81. The van der Waals surface area contributed by atoms with Crippen LogP contribution in [0.25, 0.3) is 0 Å². The Balaban J connectivity index is 1.83. The lowest BCUT2D eigenvalue weighted by molar-refractivity contribution is 0.391. The number of hydrogen-bond donors (Lipinski definition) is 1. The van der Waals surface area contributed by atoms with Crippen LogP contribution in [0.4, 0.5) is 10.1 Å². The van der Waals surface area contributed by atoms with Gasteiger partial charge in [-0.05, 0) is 59.9 Å². The van der Waals surface area contributed by atoms with Crippen LogP contribution in [0.5, 0.6) is 0 Å². The average Bonchev–Trinajstić information content (AvgIpc) is 2.60. The highest BCUT2D eigenvalue weighted by Crippen LogP contribution is 2.27. The third kappa shape index (κ3) is 4.71. The highest BCUT2D eigenvalue weighted by molar-refractivity contribution is 7.92. The Labute approximate surface area is 165 Å². The van der Waals surface area contributed by atoms with Crippen molar-refractivity contribution in [2.75, 3.05) is 17.0 Å². The molecule has 0 bridgehead atoms. The first-order valence-corrected chi connectivity index (χ1v) is 12.0. The molecule has 1 aliphatic rings. The summed E-state index contributed by atoms with van der Waals surface area (Å²) >= 11 is 0. The van der Waals surface area contributed by atoms with E-state index in [1.807, 2.05) is 19.9 Å². The number of fused-ring (bicyclic) bond motifs is 1. The fourth-order valence-corrected chi connectivity index (χ4v) is 6.08. The summed E-state index contributed by atoms with van der Waals surface area (Å²) in [4.78, 5) is 0.0335. The van der Waals surface area contributed by atoms with Crippen molar-refractivity contribution in [2.45, 2.75) is 31.7 Å². The number of sulfonamides is 2. The second-order valence-corrected chi connectivity index (χ2v) is 11.0. The molecule has 2 aromatic rings. The lowest BCUT2D eigenvalue weighted by Gasteiger charge is -2.28. The summed E-state index contributed by atoms with van der Waals surface area (Å²) in [5, 5.41) is 0. The molecule has 28 heavy (non-hydrogen) atoms. The van der Waals surface area contributed by atoms with Crippen LogP contribution in [0, 0.1) is 11.7 Å². The average molecular weight is 427 g/mol. The van der Waals surface area contributed by atoms with E-state index in [4.69, 9.17) is 0 Å². The maximum atomic E-state index is 13.1. The van der Waals surface area contributed by atoms with Crippen LogP contribution in [0.15, 0.2) is 47.4 Å². The zero-order valence-corrected chi connectivity index (χ0v) is 17.4. The minimum absolute atomic E-state index is 0.00790. The first kappa shape index (κ1) is 20.8. The van der Waals surface area contributed by atoms with Crippen molar-refractivity contribution in [3.05, 3.63) is 59.4 Å². The SMILES string of the molecule is CC(C)CS(=O)(=O)Nc1ccc2c(c1)CN(S(=O)(=O)c1ccc(F)cc1)CC2. The minimum atomic E-state index is -3.76. The summed E-state index contributed by atoms with van der Waals surface area (Å²) < 4.78 is 67.0. The van der Waals surface area contributed by atoms with Crippen LogP contribution in [0.1, 0.15) is 25.0 Å². The molecule has 0 saturated heterocycles. The molecule has 0 saturated carbocycles. The van der Waals surface area contributed by atoms with E-state index in [0.717, 1.165) is 23.3 Å². The number of halogens is 1. The maximum absolute atomic E-state index is 13.1. The molecule has 0 unspecified atom stereocenters. The molecule has 0 fully saturated rings. The number of nitrogens with zero attached hydrogens (tertiary/aromatic N) is 1. The highest BCUT2D eigenvalue weighted by atomic mass is 32.2. The van der Waals surface area contributed by atoms with Crippen LogP contribution < -0.4 is 4.72 Å². The largest absolute Gasteiger partial charge is 0.284 e. The van der Waals surface area contributed by atoms with Gasteiger partial charge in [0.25, 0.3) is 0 Å². The fourth-order valence-electron chi connectivity index (χ4n) is 3.22. The van der Waals surface area contributed by atoms with E-state index in [0.29, 0.717) is 18.7 Å². The van der Waals surface area contributed by atoms with E-state index in [2.05, 4.69) is 4.72 Å². The molecular formula is C19H23FN2O4S2. The predicted octanol–water partition coefficient (Wildman–Crippen LogP) is 2.97. The van der Waals surface area contributed by atoms with Crippen LogP contribution in [0.2, 0.25) is 0 Å². The van der Waals surface area contributed by atoms with Crippen LogP contribution in [-0.2, 0) is 33.0 Å². The number of anilines is 1. The molecule has 0 atom stereocenters. The van der Waals surface area contributed by atoms with Gasteiger partial charge in [-0.3, -0.25) is 4.72 Å². The topological polar surface area (TPSA) is 83.6 Å². The zero-order valence-electron chi connectivity index (χ0n) is 15.7. The van der Waals surface area contributed by atoms with Gasteiger partial charge >= 0.3 is 0 Å². The maximum Gasteiger partial charge on any atom is 0.243 e. The molecule has 0 aliphatic carbocycles. The molecule has 1 heterocycles. The number of rotatable bonds is 6. The molecule has 2 aromatic carbocycles. The molecule has 0 amide bonds. The van der Waals surface area contributed by atoms with Crippen molar-refractivity contribution in [1.29, 1.82) is 0 Å². The summed E-state index contributed by atoms with van der Waals surface area (Å²) in [7, 11) is -7.22. The quantitative estimate of drug-likeness (QED) is 0.770. The molecule has 0 spiro atoms. The molecule has 152 valence electrons. The molecule has 1 aliphatic heterocycles. The van der Waals surface area contributed by atoms with Crippen molar-refractivity contribution in [3.63, 3.8) is 0 Å². The third-order valence-electron chi connectivity index (χ3n) is 4.46. The summed E-state index contributed by atoms with van der Waals surface area (Å²) in [6.07, 6.45) is 0.523. The van der Waals surface area contributed by atoms with Gasteiger partial charge in [0.2, 0.25) is 20.0 Å². The van der Waals surface area contributed by atoms with E-state index in [1.165, 1.54) is 16.4 Å². The first-order chi connectivity index (χ1) is 13.1. The smallest absolute Gasteiger partial charge is 0.243 e. The first-order valence-electron chi connectivity index (χ1n) is 8.95. The normalized spacial score (nSPS) is 15.4. The monoisotopic (exact) mass is 426 g/mol. The second-order valence-electron chi connectivity index (χ2n) is 7.30. The lowest BCUT2D eigenvalue weighted by Crippen LogP contribution is -2.36. The zero-order chi connectivity index (χ0) is 20.5. The molecule has 9 heteroatoms. The summed E-state index contributed by atoms with van der Waals surface area (Å²) in [6, 6.07) is 9.93. The van der Waals surface area contributed by atoms with E-state index in [1.54, 1.807) is 12.1 Å². The van der Waals surface area contributed by atoms with Gasteiger partial charge in [0.1, 0.15) is 5.82 Å². The number of nitrogens with one attached hydrogen (secondary N) is 1. The van der Waals surface area contributed by atoms with E-state index in [-0.39, 0.29) is 23.1 Å². The summed E-state index contributed by atoms with van der Waals surface area (Å²) in [6.45, 7) is 4.09. The van der Waals surface area contributed by atoms with Gasteiger partial charge in [0.05, 0.1) is 10.6 Å². The van der Waals surface area contributed by atoms with Crippen LogP contribution >= 0.6 is 0 Å². The predicted molar refractivity (Wildman–Crippen MR) is 106 cm³/mol. The molecule has 3 rings (SSSR count). The standard InChI is InChI=1S/C19H23FN2O4S2/c1-14(2)13-27(23,24)21-18-6-3-15-9-10-22(12-16(15)11-18)28(25,26)19-7-4-17(20)5-8-19/h3-8,11,14,21H,9-10,12-13H2,1-2H3. The lowest BCUT2D eigenvalue weighted by atomic mass is 10.0. The van der Waals surface area contributed by atoms with Crippen LogP contribution in [-0.4, -0.2) is 33.4 Å². The molecular weight excluding hydrogens is 403 g/mol. The summed E-state index contributed by atoms with van der Waals surface area (Å²) in [5.74, 6) is -0.498. The van der Waals surface area contributed by atoms with Crippen molar-refractivity contribution in [1.82, 2.24) is 4.31 Å². The minimum Gasteiger partial charge on any atom is -0.284 e. The molecule has 1 N–H and O–H groups in total.